The lowest BCUT2D eigenvalue weighted by atomic mass is 9.95. The first-order chi connectivity index (χ1) is 9.20. The maximum absolute atomic E-state index is 11.8. The van der Waals surface area contributed by atoms with E-state index in [0.717, 1.165) is 10.6 Å². The maximum Gasteiger partial charge on any atom is 0.124 e. The van der Waals surface area contributed by atoms with Gasteiger partial charge in [0.2, 0.25) is 0 Å². The van der Waals surface area contributed by atoms with Crippen molar-refractivity contribution in [3.05, 3.63) is 18.2 Å². The smallest absolute Gasteiger partial charge is 0.124 e. The van der Waals surface area contributed by atoms with Gasteiger partial charge in [0.25, 0.3) is 0 Å². The molecule has 0 aromatic heterocycles. The Morgan fingerprint density at radius 1 is 1.32 bits per heavy atom. The number of benzene rings is 1. The van der Waals surface area contributed by atoms with Crippen molar-refractivity contribution in [3.8, 4) is 0 Å². The third-order valence-electron chi connectivity index (χ3n) is 3.48. The zero-order valence-electron chi connectivity index (χ0n) is 11.4. The molecule has 0 spiro atoms. The molecule has 1 fully saturated rings. The van der Waals surface area contributed by atoms with Crippen molar-refractivity contribution in [2.75, 3.05) is 17.6 Å². The molecule has 0 amide bonds. The van der Waals surface area contributed by atoms with E-state index in [-0.39, 0.29) is 0 Å². The summed E-state index contributed by atoms with van der Waals surface area (Å²) in [6.07, 6.45) is 6.35. The first-order valence-corrected chi connectivity index (χ1v) is 8.17. The molecule has 1 atom stereocenters. The Balaban J connectivity index is 2.04. The molecule has 19 heavy (non-hydrogen) atoms. The summed E-state index contributed by atoms with van der Waals surface area (Å²) in [4.78, 5) is 0.730. The summed E-state index contributed by atoms with van der Waals surface area (Å²) >= 11 is 0. The lowest BCUT2D eigenvalue weighted by Gasteiger charge is -2.24. The molecule has 0 radical (unpaired) electrons. The second-order valence-corrected chi connectivity index (χ2v) is 6.29. The van der Waals surface area contributed by atoms with E-state index in [4.69, 9.17) is 5.73 Å². The minimum atomic E-state index is -1.17. The van der Waals surface area contributed by atoms with Gasteiger partial charge in [0.1, 0.15) is 11.0 Å². The Bertz CT molecular complexity index is 444. The van der Waals surface area contributed by atoms with E-state index in [1.807, 2.05) is 19.1 Å². The largest absolute Gasteiger partial charge is 0.397 e. The minimum Gasteiger partial charge on any atom is -0.397 e. The van der Waals surface area contributed by atoms with Gasteiger partial charge in [-0.15, -0.1) is 0 Å². The van der Waals surface area contributed by atoms with E-state index in [9.17, 15) is 4.21 Å². The molecule has 1 aliphatic carbocycles. The van der Waals surface area contributed by atoms with E-state index in [2.05, 4.69) is 10.0 Å². The van der Waals surface area contributed by atoms with Crippen LogP contribution in [0.1, 0.15) is 39.0 Å². The fourth-order valence-electron chi connectivity index (χ4n) is 2.47. The molecule has 0 saturated heterocycles. The molecule has 0 heterocycles. The fourth-order valence-corrected chi connectivity index (χ4v) is 3.32. The number of hydrogen-bond donors (Lipinski definition) is 3. The van der Waals surface area contributed by atoms with Crippen LogP contribution in [0.15, 0.2) is 23.1 Å². The zero-order chi connectivity index (χ0) is 13.7. The standard InChI is InChI=1S/C14H23N3OS/c1-2-16-19(18)12-8-9-14(13(15)10-12)17-11-6-4-3-5-7-11/h8-11,16-17H,2-7,15H2,1H3. The topological polar surface area (TPSA) is 67.2 Å². The molecule has 0 aliphatic heterocycles. The summed E-state index contributed by atoms with van der Waals surface area (Å²) in [5.41, 5.74) is 7.69. The third-order valence-corrected chi connectivity index (χ3v) is 4.71. The number of hydrogen-bond acceptors (Lipinski definition) is 3. The quantitative estimate of drug-likeness (QED) is 0.727. The maximum atomic E-state index is 11.8. The Morgan fingerprint density at radius 3 is 2.68 bits per heavy atom. The van der Waals surface area contributed by atoms with Crippen LogP contribution in [0, 0.1) is 0 Å². The molecule has 106 valence electrons. The monoisotopic (exact) mass is 281 g/mol. The van der Waals surface area contributed by atoms with Gasteiger partial charge >= 0.3 is 0 Å². The number of nitrogen functional groups attached to an aromatic ring is 1. The van der Waals surface area contributed by atoms with Crippen LogP contribution in [0.25, 0.3) is 0 Å². The van der Waals surface area contributed by atoms with Crippen molar-refractivity contribution < 1.29 is 4.21 Å². The fraction of sp³-hybridized carbons (Fsp3) is 0.571. The van der Waals surface area contributed by atoms with Gasteiger partial charge in [-0.05, 0) is 31.0 Å². The lowest BCUT2D eigenvalue weighted by molar-refractivity contribution is 0.463. The summed E-state index contributed by atoms with van der Waals surface area (Å²) in [6.45, 7) is 2.61. The van der Waals surface area contributed by atoms with Crippen LogP contribution < -0.4 is 15.8 Å². The Labute approximate surface area is 117 Å². The Morgan fingerprint density at radius 2 is 2.05 bits per heavy atom. The summed E-state index contributed by atoms with van der Waals surface area (Å²) in [5.74, 6) is 0. The highest BCUT2D eigenvalue weighted by molar-refractivity contribution is 7.83. The normalized spacial score (nSPS) is 18.2. The number of anilines is 2. The second kappa shape index (κ2) is 6.91. The van der Waals surface area contributed by atoms with Crippen LogP contribution >= 0.6 is 0 Å². The highest BCUT2D eigenvalue weighted by atomic mass is 32.2. The van der Waals surface area contributed by atoms with E-state index in [1.54, 1.807) is 6.07 Å². The number of rotatable bonds is 5. The molecule has 4 nitrogen and oxygen atoms in total. The lowest BCUT2D eigenvalue weighted by Crippen LogP contribution is -2.23. The summed E-state index contributed by atoms with van der Waals surface area (Å²) < 4.78 is 14.7. The third kappa shape index (κ3) is 3.94. The van der Waals surface area contributed by atoms with Gasteiger partial charge in [0, 0.05) is 12.6 Å². The average molecular weight is 281 g/mol. The highest BCUT2D eigenvalue weighted by Gasteiger charge is 2.14. The SMILES string of the molecule is CCNS(=O)c1ccc(NC2CCCCC2)c(N)c1. The van der Waals surface area contributed by atoms with Crippen molar-refractivity contribution in [2.24, 2.45) is 0 Å². The predicted molar refractivity (Wildman–Crippen MR) is 81.4 cm³/mol. The minimum absolute atomic E-state index is 0.529. The van der Waals surface area contributed by atoms with Crippen molar-refractivity contribution in [3.63, 3.8) is 0 Å². The van der Waals surface area contributed by atoms with Gasteiger partial charge in [-0.2, -0.15) is 0 Å². The van der Waals surface area contributed by atoms with Crippen molar-refractivity contribution in [1.82, 2.24) is 4.72 Å². The molecule has 4 N–H and O–H groups in total. The van der Waals surface area contributed by atoms with Gasteiger partial charge in [0.15, 0.2) is 0 Å². The van der Waals surface area contributed by atoms with E-state index >= 15 is 0 Å². The molecular formula is C14H23N3OS. The van der Waals surface area contributed by atoms with Crippen LogP contribution in [0.4, 0.5) is 11.4 Å². The number of nitrogens with one attached hydrogen (secondary N) is 2. The van der Waals surface area contributed by atoms with Crippen molar-refractivity contribution in [2.45, 2.75) is 50.0 Å². The Hall–Kier alpha value is -1.07. The summed E-state index contributed by atoms with van der Waals surface area (Å²) in [5, 5.41) is 3.50. The predicted octanol–water partition coefficient (Wildman–Crippen LogP) is 2.65. The van der Waals surface area contributed by atoms with Crippen LogP contribution in [-0.2, 0) is 11.0 Å². The van der Waals surface area contributed by atoms with Crippen LogP contribution in [0.5, 0.6) is 0 Å². The first-order valence-electron chi connectivity index (χ1n) is 7.02. The van der Waals surface area contributed by atoms with E-state index < -0.39 is 11.0 Å². The van der Waals surface area contributed by atoms with Crippen LogP contribution in [0.2, 0.25) is 0 Å². The second-order valence-electron chi connectivity index (χ2n) is 4.99. The summed E-state index contributed by atoms with van der Waals surface area (Å²) in [7, 11) is -1.17. The van der Waals surface area contributed by atoms with Crippen molar-refractivity contribution >= 4 is 22.4 Å². The summed E-state index contributed by atoms with van der Waals surface area (Å²) in [6, 6.07) is 6.14. The molecular weight excluding hydrogens is 258 g/mol. The van der Waals surface area contributed by atoms with E-state index in [0.29, 0.717) is 18.3 Å². The van der Waals surface area contributed by atoms with Gasteiger partial charge < -0.3 is 11.1 Å². The van der Waals surface area contributed by atoms with E-state index in [1.165, 1.54) is 32.1 Å². The average Bonchev–Trinajstić information content (AvgIpc) is 2.42. The van der Waals surface area contributed by atoms with Crippen LogP contribution in [-0.4, -0.2) is 16.8 Å². The van der Waals surface area contributed by atoms with Gasteiger partial charge in [-0.25, -0.2) is 8.93 Å². The molecule has 0 bridgehead atoms. The molecule has 1 aromatic rings. The molecule has 1 unspecified atom stereocenters. The first kappa shape index (κ1) is 14.3. The molecule has 1 saturated carbocycles. The zero-order valence-corrected chi connectivity index (χ0v) is 12.3. The van der Waals surface area contributed by atoms with Gasteiger partial charge in [0.05, 0.1) is 16.3 Å². The van der Waals surface area contributed by atoms with Crippen LogP contribution in [0.3, 0.4) is 0 Å². The molecule has 5 heteroatoms. The highest BCUT2D eigenvalue weighted by Crippen LogP contribution is 2.26. The Kier molecular flexibility index (Phi) is 5.22. The number of nitrogens with two attached hydrogens (primary N) is 1. The molecule has 1 aliphatic rings. The van der Waals surface area contributed by atoms with Gasteiger partial charge in [-0.3, -0.25) is 0 Å². The van der Waals surface area contributed by atoms with Gasteiger partial charge in [-0.1, -0.05) is 26.2 Å². The van der Waals surface area contributed by atoms with Crippen molar-refractivity contribution in [1.29, 1.82) is 0 Å². The molecule has 2 rings (SSSR count). The molecule has 1 aromatic carbocycles.